The predicted octanol–water partition coefficient (Wildman–Crippen LogP) is 4.28. The van der Waals surface area contributed by atoms with Crippen LogP contribution in [0.5, 0.6) is 0 Å². The number of hydrogen-bond donors (Lipinski definition) is 0. The number of hydrogen-bond acceptors (Lipinski definition) is 3. The molecule has 0 aromatic carbocycles. The summed E-state index contributed by atoms with van der Waals surface area (Å²) in [6, 6.07) is 0. The third kappa shape index (κ3) is 10.7. The SMILES string of the molecule is CC[C@H](OC(C)=O)[C@H](C)CCCCCCCC(C)=O. The second-order valence-corrected chi connectivity index (χ2v) is 5.54. The minimum Gasteiger partial charge on any atom is -0.462 e. The van der Waals surface area contributed by atoms with E-state index in [2.05, 4.69) is 13.8 Å². The van der Waals surface area contributed by atoms with Crippen LogP contribution in [0.25, 0.3) is 0 Å². The van der Waals surface area contributed by atoms with Crippen molar-refractivity contribution in [3.8, 4) is 0 Å². The van der Waals surface area contributed by atoms with Gasteiger partial charge in [-0.25, -0.2) is 0 Å². The third-order valence-corrected chi connectivity index (χ3v) is 3.54. The summed E-state index contributed by atoms with van der Waals surface area (Å²) in [5.74, 6) is 0.551. The van der Waals surface area contributed by atoms with Gasteiger partial charge < -0.3 is 9.53 Å². The van der Waals surface area contributed by atoms with E-state index in [0.717, 1.165) is 32.1 Å². The molecule has 19 heavy (non-hydrogen) atoms. The van der Waals surface area contributed by atoms with Gasteiger partial charge in [-0.15, -0.1) is 0 Å². The minimum atomic E-state index is -0.178. The summed E-state index contributed by atoms with van der Waals surface area (Å²) in [7, 11) is 0. The molecule has 0 saturated heterocycles. The molecule has 3 heteroatoms. The Morgan fingerprint density at radius 3 is 2.11 bits per heavy atom. The Morgan fingerprint density at radius 2 is 1.58 bits per heavy atom. The van der Waals surface area contributed by atoms with Gasteiger partial charge in [-0.1, -0.05) is 39.5 Å². The van der Waals surface area contributed by atoms with Crippen molar-refractivity contribution >= 4 is 11.8 Å². The zero-order valence-electron chi connectivity index (χ0n) is 13.0. The Labute approximate surface area is 118 Å². The molecular weight excluding hydrogens is 240 g/mol. The van der Waals surface area contributed by atoms with Crippen LogP contribution in [0.4, 0.5) is 0 Å². The van der Waals surface area contributed by atoms with Gasteiger partial charge in [0.25, 0.3) is 0 Å². The van der Waals surface area contributed by atoms with E-state index in [4.69, 9.17) is 4.74 Å². The fourth-order valence-electron chi connectivity index (χ4n) is 2.37. The number of Topliss-reactive ketones (excluding diaryl/α,β-unsaturated/α-hetero) is 1. The molecule has 0 heterocycles. The van der Waals surface area contributed by atoms with Gasteiger partial charge in [0.2, 0.25) is 0 Å². The van der Waals surface area contributed by atoms with Gasteiger partial charge in [0.1, 0.15) is 11.9 Å². The molecule has 112 valence electrons. The lowest BCUT2D eigenvalue weighted by Gasteiger charge is -2.22. The highest BCUT2D eigenvalue weighted by molar-refractivity contribution is 5.75. The molecule has 0 spiro atoms. The molecule has 0 unspecified atom stereocenters. The minimum absolute atomic E-state index is 0.0650. The van der Waals surface area contributed by atoms with Crippen LogP contribution in [0, 0.1) is 5.92 Å². The van der Waals surface area contributed by atoms with Crippen LogP contribution in [-0.4, -0.2) is 17.9 Å². The van der Waals surface area contributed by atoms with Crippen molar-refractivity contribution in [2.24, 2.45) is 5.92 Å². The smallest absolute Gasteiger partial charge is 0.302 e. The van der Waals surface area contributed by atoms with Crippen molar-refractivity contribution in [2.75, 3.05) is 0 Å². The number of carbonyl (C=O) groups is 2. The van der Waals surface area contributed by atoms with Gasteiger partial charge in [-0.3, -0.25) is 4.79 Å². The number of carbonyl (C=O) groups excluding carboxylic acids is 2. The first-order valence-electron chi connectivity index (χ1n) is 7.64. The summed E-state index contributed by atoms with van der Waals surface area (Å²) in [6.07, 6.45) is 8.54. The Bertz CT molecular complexity index is 261. The molecule has 0 aliphatic carbocycles. The molecule has 2 atom stereocenters. The maximum Gasteiger partial charge on any atom is 0.302 e. The molecule has 0 radical (unpaired) electrons. The topological polar surface area (TPSA) is 43.4 Å². The van der Waals surface area contributed by atoms with E-state index in [1.165, 1.54) is 26.2 Å². The molecule has 0 amide bonds. The molecule has 0 aliphatic rings. The quantitative estimate of drug-likeness (QED) is 0.415. The van der Waals surface area contributed by atoms with Crippen LogP contribution in [0.2, 0.25) is 0 Å². The van der Waals surface area contributed by atoms with Crippen molar-refractivity contribution in [3.63, 3.8) is 0 Å². The highest BCUT2D eigenvalue weighted by Gasteiger charge is 2.17. The molecule has 0 aromatic heterocycles. The molecule has 0 saturated carbocycles. The molecular formula is C16H30O3. The van der Waals surface area contributed by atoms with Gasteiger partial charge in [-0.2, -0.15) is 0 Å². The molecule has 0 rings (SSSR count). The maximum absolute atomic E-state index is 11.0. The number of ketones is 1. The molecule has 0 bridgehead atoms. The first-order valence-corrected chi connectivity index (χ1v) is 7.64. The largest absolute Gasteiger partial charge is 0.462 e. The fourth-order valence-corrected chi connectivity index (χ4v) is 2.37. The van der Waals surface area contributed by atoms with E-state index in [1.807, 2.05) is 0 Å². The Hall–Kier alpha value is -0.860. The van der Waals surface area contributed by atoms with Crippen LogP contribution in [0.15, 0.2) is 0 Å². The van der Waals surface area contributed by atoms with E-state index >= 15 is 0 Å². The van der Waals surface area contributed by atoms with Crippen molar-refractivity contribution in [2.45, 2.75) is 85.2 Å². The van der Waals surface area contributed by atoms with Crippen LogP contribution < -0.4 is 0 Å². The molecule has 0 fully saturated rings. The second-order valence-electron chi connectivity index (χ2n) is 5.54. The molecule has 0 aromatic rings. The lowest BCUT2D eigenvalue weighted by Crippen LogP contribution is -2.23. The molecule has 0 N–H and O–H groups in total. The number of rotatable bonds is 11. The van der Waals surface area contributed by atoms with Gasteiger partial charge >= 0.3 is 5.97 Å². The number of esters is 1. The summed E-state index contributed by atoms with van der Waals surface area (Å²) >= 11 is 0. The second kappa shape index (κ2) is 11.0. The molecule has 3 nitrogen and oxygen atoms in total. The summed E-state index contributed by atoms with van der Waals surface area (Å²) in [4.78, 5) is 21.7. The standard InChI is InChI=1S/C16H30O3/c1-5-16(19-15(4)18)13(2)11-9-7-6-8-10-12-14(3)17/h13,16H,5-12H2,1-4H3/t13-,16+/m1/s1. The van der Waals surface area contributed by atoms with Crippen LogP contribution in [0.3, 0.4) is 0 Å². The lowest BCUT2D eigenvalue weighted by molar-refractivity contribution is -0.149. The zero-order valence-corrected chi connectivity index (χ0v) is 13.0. The molecule has 0 aliphatic heterocycles. The Kier molecular flexibility index (Phi) is 10.5. The third-order valence-electron chi connectivity index (χ3n) is 3.54. The van der Waals surface area contributed by atoms with Crippen LogP contribution in [0.1, 0.15) is 79.1 Å². The van der Waals surface area contributed by atoms with Crippen molar-refractivity contribution in [1.29, 1.82) is 0 Å². The Morgan fingerprint density at radius 1 is 1.00 bits per heavy atom. The maximum atomic E-state index is 11.0. The summed E-state index contributed by atoms with van der Waals surface area (Å²) < 4.78 is 5.31. The first kappa shape index (κ1) is 18.1. The van der Waals surface area contributed by atoms with Crippen LogP contribution in [-0.2, 0) is 14.3 Å². The van der Waals surface area contributed by atoms with E-state index in [9.17, 15) is 9.59 Å². The summed E-state index contributed by atoms with van der Waals surface area (Å²) in [5, 5.41) is 0. The number of ether oxygens (including phenoxy) is 1. The monoisotopic (exact) mass is 270 g/mol. The van der Waals surface area contributed by atoms with E-state index < -0.39 is 0 Å². The van der Waals surface area contributed by atoms with Gasteiger partial charge in [-0.05, 0) is 32.1 Å². The van der Waals surface area contributed by atoms with Gasteiger partial charge in [0, 0.05) is 13.3 Å². The normalized spacial score (nSPS) is 13.9. The lowest BCUT2D eigenvalue weighted by atomic mass is 9.95. The van der Waals surface area contributed by atoms with Crippen molar-refractivity contribution in [1.82, 2.24) is 0 Å². The average molecular weight is 270 g/mol. The average Bonchev–Trinajstić information content (AvgIpc) is 2.33. The predicted molar refractivity (Wildman–Crippen MR) is 78.0 cm³/mol. The fraction of sp³-hybridized carbons (Fsp3) is 0.875. The highest BCUT2D eigenvalue weighted by atomic mass is 16.5. The summed E-state index contributed by atoms with van der Waals surface area (Å²) in [5.41, 5.74) is 0. The van der Waals surface area contributed by atoms with Crippen molar-refractivity contribution in [3.05, 3.63) is 0 Å². The Balaban J connectivity index is 3.58. The van der Waals surface area contributed by atoms with E-state index in [1.54, 1.807) is 6.92 Å². The number of unbranched alkanes of at least 4 members (excludes halogenated alkanes) is 4. The van der Waals surface area contributed by atoms with E-state index in [0.29, 0.717) is 11.7 Å². The highest BCUT2D eigenvalue weighted by Crippen LogP contribution is 2.19. The summed E-state index contributed by atoms with van der Waals surface area (Å²) in [6.45, 7) is 7.35. The van der Waals surface area contributed by atoms with Gasteiger partial charge in [0.15, 0.2) is 0 Å². The zero-order chi connectivity index (χ0) is 14.7. The van der Waals surface area contributed by atoms with Gasteiger partial charge in [0.05, 0.1) is 0 Å². The van der Waals surface area contributed by atoms with Crippen LogP contribution >= 0.6 is 0 Å². The van der Waals surface area contributed by atoms with Crippen molar-refractivity contribution < 1.29 is 14.3 Å². The first-order chi connectivity index (χ1) is 8.97. The van der Waals surface area contributed by atoms with E-state index in [-0.39, 0.29) is 12.1 Å².